The van der Waals surface area contributed by atoms with Crippen molar-refractivity contribution in [1.29, 1.82) is 0 Å². The fourth-order valence-electron chi connectivity index (χ4n) is 6.38. The van der Waals surface area contributed by atoms with E-state index in [0.29, 0.717) is 32.9 Å². The summed E-state index contributed by atoms with van der Waals surface area (Å²) >= 11 is 0. The number of piperazine rings is 1. The molecule has 3 amide bonds. The van der Waals surface area contributed by atoms with Crippen LogP contribution < -0.4 is 10.6 Å². The number of nitrogens with one attached hydrogen (secondary N) is 2. The SMILES string of the molecule is CN[C@@H](C)C(=O)NC(C(=O)N1CCN(C(=O)c2nc3cc(F)c(F)cc3n2CCOCCOCc2ccccc2)CC1)C1CCCCC1. The van der Waals surface area contributed by atoms with Gasteiger partial charge in [-0.25, -0.2) is 13.8 Å². The van der Waals surface area contributed by atoms with Crippen LogP contribution in [0.25, 0.3) is 11.0 Å². The molecule has 1 aliphatic carbocycles. The predicted molar refractivity (Wildman–Crippen MR) is 176 cm³/mol. The number of likely N-dealkylation sites (N-methyl/N-ethyl adjacent to an activating group) is 1. The number of carbonyl (C=O) groups excluding carboxylic acids is 3. The summed E-state index contributed by atoms with van der Waals surface area (Å²) in [5.74, 6) is -2.71. The van der Waals surface area contributed by atoms with Gasteiger partial charge in [-0.3, -0.25) is 14.4 Å². The molecule has 2 aliphatic rings. The third kappa shape index (κ3) is 8.74. The van der Waals surface area contributed by atoms with Gasteiger partial charge in [0.2, 0.25) is 11.8 Å². The fourth-order valence-corrected chi connectivity index (χ4v) is 6.38. The largest absolute Gasteiger partial charge is 0.377 e. The number of amides is 3. The maximum Gasteiger partial charge on any atom is 0.290 e. The molecule has 1 aliphatic heterocycles. The molecule has 2 N–H and O–H groups in total. The quantitative estimate of drug-likeness (QED) is 0.253. The molecule has 1 saturated carbocycles. The van der Waals surface area contributed by atoms with Gasteiger partial charge in [-0.15, -0.1) is 0 Å². The van der Waals surface area contributed by atoms with E-state index in [1.54, 1.807) is 28.3 Å². The van der Waals surface area contributed by atoms with Crippen LogP contribution in [0, 0.1) is 17.6 Å². The lowest BCUT2D eigenvalue weighted by atomic mass is 9.83. The van der Waals surface area contributed by atoms with Crippen molar-refractivity contribution in [2.24, 2.45) is 5.92 Å². The molecule has 5 rings (SSSR count). The third-order valence-electron chi connectivity index (χ3n) is 9.31. The first-order valence-corrected chi connectivity index (χ1v) is 16.9. The molecular formula is C35H46F2N6O5. The molecule has 1 unspecified atom stereocenters. The van der Waals surface area contributed by atoms with Crippen molar-refractivity contribution < 1.29 is 32.6 Å². The van der Waals surface area contributed by atoms with Crippen molar-refractivity contribution >= 4 is 28.8 Å². The Labute approximate surface area is 279 Å². The van der Waals surface area contributed by atoms with Gasteiger partial charge >= 0.3 is 0 Å². The number of rotatable bonds is 14. The van der Waals surface area contributed by atoms with E-state index >= 15 is 0 Å². The first kappa shape index (κ1) is 35.4. The van der Waals surface area contributed by atoms with Gasteiger partial charge in [-0.1, -0.05) is 49.6 Å². The van der Waals surface area contributed by atoms with E-state index in [0.717, 1.165) is 49.8 Å². The summed E-state index contributed by atoms with van der Waals surface area (Å²) in [5.41, 5.74) is 1.51. The maximum atomic E-state index is 14.3. The number of carbonyl (C=O) groups is 3. The number of fused-ring (bicyclic) bond motifs is 1. The van der Waals surface area contributed by atoms with Crippen LogP contribution in [0.4, 0.5) is 8.78 Å². The van der Waals surface area contributed by atoms with E-state index in [1.807, 2.05) is 30.3 Å². The molecule has 48 heavy (non-hydrogen) atoms. The van der Waals surface area contributed by atoms with Crippen molar-refractivity contribution in [3.8, 4) is 0 Å². The molecule has 2 aromatic carbocycles. The Hall–Kier alpha value is -3.94. The summed E-state index contributed by atoms with van der Waals surface area (Å²) < 4.78 is 41.4. The number of nitrogens with zero attached hydrogens (tertiary/aromatic N) is 4. The molecule has 3 aromatic rings. The average Bonchev–Trinajstić information content (AvgIpc) is 3.46. The van der Waals surface area contributed by atoms with E-state index in [4.69, 9.17) is 9.47 Å². The third-order valence-corrected chi connectivity index (χ3v) is 9.31. The number of hydrogen-bond donors (Lipinski definition) is 2. The van der Waals surface area contributed by atoms with Crippen LogP contribution in [0.3, 0.4) is 0 Å². The summed E-state index contributed by atoms with van der Waals surface area (Å²) in [6.45, 7) is 4.38. The lowest BCUT2D eigenvalue weighted by Crippen LogP contribution is -2.59. The first-order valence-electron chi connectivity index (χ1n) is 16.9. The van der Waals surface area contributed by atoms with Crippen molar-refractivity contribution in [1.82, 2.24) is 30.0 Å². The molecule has 1 saturated heterocycles. The van der Waals surface area contributed by atoms with Crippen LogP contribution in [-0.2, 0) is 32.2 Å². The summed E-state index contributed by atoms with van der Waals surface area (Å²) in [6, 6.07) is 10.8. The molecule has 1 aromatic heterocycles. The van der Waals surface area contributed by atoms with Gasteiger partial charge in [0.15, 0.2) is 17.5 Å². The van der Waals surface area contributed by atoms with E-state index in [2.05, 4.69) is 15.6 Å². The minimum absolute atomic E-state index is 0.0482. The zero-order valence-corrected chi connectivity index (χ0v) is 27.8. The zero-order valence-electron chi connectivity index (χ0n) is 27.8. The van der Waals surface area contributed by atoms with Crippen LogP contribution >= 0.6 is 0 Å². The van der Waals surface area contributed by atoms with E-state index < -0.39 is 29.6 Å². The molecule has 0 bridgehead atoms. The molecule has 0 spiro atoms. The molecular weight excluding hydrogens is 622 g/mol. The number of hydrogen-bond acceptors (Lipinski definition) is 7. The van der Waals surface area contributed by atoms with Crippen LogP contribution in [0.1, 0.15) is 55.2 Å². The first-order chi connectivity index (χ1) is 23.3. The van der Waals surface area contributed by atoms with E-state index in [9.17, 15) is 23.2 Å². The van der Waals surface area contributed by atoms with Crippen molar-refractivity contribution in [2.45, 2.75) is 64.3 Å². The van der Waals surface area contributed by atoms with Crippen LogP contribution in [0.2, 0.25) is 0 Å². The van der Waals surface area contributed by atoms with Gasteiger partial charge < -0.3 is 34.5 Å². The standard InChI is InChI=1S/C35H46F2N6O5/c1-24(38-2)33(44)40-31(26-11-7-4-8-12-26)34(45)41-13-15-42(16-14-41)35(46)32-39-29-21-27(36)28(37)22-30(29)43(32)17-18-47-19-20-48-23-25-9-5-3-6-10-25/h3,5-6,9-10,21-22,24,26,31,38H,4,7-8,11-20,23H2,1-2H3,(H,40,44)/t24-,31?/m0/s1. The van der Waals surface area contributed by atoms with Crippen molar-refractivity contribution in [3.05, 3.63) is 65.5 Å². The zero-order chi connectivity index (χ0) is 34.0. The number of ether oxygens (including phenoxy) is 2. The number of benzene rings is 2. The second-order valence-corrected chi connectivity index (χ2v) is 12.5. The Balaban J connectivity index is 1.21. The summed E-state index contributed by atoms with van der Waals surface area (Å²) in [6.07, 6.45) is 4.93. The highest BCUT2D eigenvalue weighted by Crippen LogP contribution is 2.28. The topological polar surface area (TPSA) is 118 Å². The number of imidazole rings is 1. The van der Waals surface area contributed by atoms with Gasteiger partial charge in [0.05, 0.1) is 43.5 Å². The second-order valence-electron chi connectivity index (χ2n) is 12.5. The van der Waals surface area contributed by atoms with Gasteiger partial charge in [-0.2, -0.15) is 0 Å². The van der Waals surface area contributed by atoms with Crippen LogP contribution in [0.5, 0.6) is 0 Å². The van der Waals surface area contributed by atoms with Gasteiger partial charge in [0.1, 0.15) is 6.04 Å². The highest BCUT2D eigenvalue weighted by molar-refractivity contribution is 5.95. The minimum atomic E-state index is -1.05. The summed E-state index contributed by atoms with van der Waals surface area (Å²) in [5, 5.41) is 5.93. The Morgan fingerprint density at radius 2 is 1.58 bits per heavy atom. The van der Waals surface area contributed by atoms with Gasteiger partial charge in [0.25, 0.3) is 5.91 Å². The molecule has 2 heterocycles. The molecule has 2 atom stereocenters. The molecule has 2 fully saturated rings. The molecule has 260 valence electrons. The minimum Gasteiger partial charge on any atom is -0.377 e. The second kappa shape index (κ2) is 16.9. The van der Waals surface area contributed by atoms with E-state index in [1.165, 1.54) is 0 Å². The molecule has 0 radical (unpaired) electrons. The van der Waals surface area contributed by atoms with E-state index in [-0.39, 0.29) is 60.8 Å². The van der Waals surface area contributed by atoms with Crippen LogP contribution in [0.15, 0.2) is 42.5 Å². The van der Waals surface area contributed by atoms with Gasteiger partial charge in [-0.05, 0) is 38.3 Å². The fraction of sp³-hybridized carbons (Fsp3) is 0.543. The lowest BCUT2D eigenvalue weighted by Gasteiger charge is -2.39. The Bertz CT molecular complexity index is 1540. The normalized spacial score (nSPS) is 17.0. The highest BCUT2D eigenvalue weighted by atomic mass is 19.2. The monoisotopic (exact) mass is 668 g/mol. The smallest absolute Gasteiger partial charge is 0.290 e. The summed E-state index contributed by atoms with van der Waals surface area (Å²) in [7, 11) is 1.70. The van der Waals surface area contributed by atoms with Gasteiger partial charge in [0, 0.05) is 44.9 Å². The van der Waals surface area contributed by atoms with Crippen molar-refractivity contribution in [2.75, 3.05) is 53.0 Å². The van der Waals surface area contributed by atoms with Crippen molar-refractivity contribution in [3.63, 3.8) is 0 Å². The Morgan fingerprint density at radius 3 is 2.29 bits per heavy atom. The Kier molecular flexibility index (Phi) is 12.5. The predicted octanol–water partition coefficient (Wildman–Crippen LogP) is 3.51. The molecule has 13 heteroatoms. The Morgan fingerprint density at radius 1 is 0.917 bits per heavy atom. The highest BCUT2D eigenvalue weighted by Gasteiger charge is 2.36. The summed E-state index contributed by atoms with van der Waals surface area (Å²) in [4.78, 5) is 48.1. The number of halogens is 2. The van der Waals surface area contributed by atoms with Crippen LogP contribution in [-0.4, -0.2) is 102 Å². The lowest BCUT2D eigenvalue weighted by molar-refractivity contribution is -0.140. The number of aromatic nitrogens is 2. The maximum absolute atomic E-state index is 14.3. The molecule has 11 nitrogen and oxygen atoms in total. The average molecular weight is 669 g/mol.